The molecule has 0 bridgehead atoms. The molecule has 2 amide bonds. The number of hydrogen-bond acceptors (Lipinski definition) is 4. The van der Waals surface area contributed by atoms with Gasteiger partial charge in [-0.1, -0.05) is 6.08 Å². The zero-order valence-electron chi connectivity index (χ0n) is 10.0. The van der Waals surface area contributed by atoms with Gasteiger partial charge >= 0.3 is 6.03 Å². The molecule has 3 N–H and O–H groups in total. The van der Waals surface area contributed by atoms with Gasteiger partial charge in [0, 0.05) is 26.2 Å². The van der Waals surface area contributed by atoms with Crippen LogP contribution < -0.4 is 5.73 Å². The van der Waals surface area contributed by atoms with Gasteiger partial charge in [-0.05, 0) is 0 Å². The number of β-amino-alcohol motifs (C(OH)–C–C–N with tert-alkyl or cyclic N) is 1. The van der Waals surface area contributed by atoms with Gasteiger partial charge in [-0.2, -0.15) is 0 Å². The van der Waals surface area contributed by atoms with E-state index in [0.717, 1.165) is 0 Å². The first-order chi connectivity index (χ1) is 8.19. The van der Waals surface area contributed by atoms with Gasteiger partial charge in [-0.15, -0.1) is 6.58 Å². The van der Waals surface area contributed by atoms with E-state index in [4.69, 9.17) is 10.5 Å². The van der Waals surface area contributed by atoms with Gasteiger partial charge in [0.25, 0.3) is 0 Å². The molecule has 1 heterocycles. The molecule has 1 rings (SSSR count). The predicted octanol–water partition coefficient (Wildman–Crippen LogP) is -0.754. The van der Waals surface area contributed by atoms with Crippen LogP contribution in [-0.2, 0) is 4.74 Å². The SMILES string of the molecule is C=CCOCC(O)CN1CCN(CCN)C1=O. The lowest BCUT2D eigenvalue weighted by Gasteiger charge is -2.20. The summed E-state index contributed by atoms with van der Waals surface area (Å²) in [5, 5.41) is 9.67. The van der Waals surface area contributed by atoms with Gasteiger partial charge in [0.2, 0.25) is 0 Å². The van der Waals surface area contributed by atoms with Crippen LogP contribution in [0.3, 0.4) is 0 Å². The minimum absolute atomic E-state index is 0.0572. The monoisotopic (exact) mass is 243 g/mol. The molecule has 1 atom stereocenters. The minimum atomic E-state index is -0.656. The summed E-state index contributed by atoms with van der Waals surface area (Å²) in [7, 11) is 0. The van der Waals surface area contributed by atoms with Crippen molar-refractivity contribution in [3.8, 4) is 0 Å². The van der Waals surface area contributed by atoms with E-state index in [1.54, 1.807) is 15.9 Å². The molecule has 0 saturated carbocycles. The van der Waals surface area contributed by atoms with E-state index in [1.165, 1.54) is 0 Å². The highest BCUT2D eigenvalue weighted by atomic mass is 16.5. The number of rotatable bonds is 8. The van der Waals surface area contributed by atoms with Crippen LogP contribution >= 0.6 is 0 Å². The fraction of sp³-hybridized carbons (Fsp3) is 0.727. The van der Waals surface area contributed by atoms with Crippen molar-refractivity contribution in [2.75, 3.05) is 45.9 Å². The maximum absolute atomic E-state index is 11.8. The molecule has 98 valence electrons. The summed E-state index contributed by atoms with van der Waals surface area (Å²) in [5.41, 5.74) is 5.41. The number of nitrogens with two attached hydrogens (primary N) is 1. The summed E-state index contributed by atoms with van der Waals surface area (Å²) >= 11 is 0. The molecule has 0 aromatic rings. The Hall–Kier alpha value is -1.11. The van der Waals surface area contributed by atoms with E-state index in [9.17, 15) is 9.90 Å². The number of carbonyl (C=O) groups excluding carboxylic acids is 1. The highest BCUT2D eigenvalue weighted by molar-refractivity contribution is 5.76. The largest absolute Gasteiger partial charge is 0.389 e. The molecule has 0 spiro atoms. The molecule has 1 aliphatic heterocycles. The maximum Gasteiger partial charge on any atom is 0.320 e. The molecule has 1 aliphatic rings. The third kappa shape index (κ3) is 4.33. The van der Waals surface area contributed by atoms with Crippen LogP contribution in [0.15, 0.2) is 12.7 Å². The van der Waals surface area contributed by atoms with Gasteiger partial charge in [0.1, 0.15) is 0 Å². The molecule has 1 unspecified atom stereocenters. The standard InChI is InChI=1S/C11H21N3O3/c1-2-7-17-9-10(15)8-14-6-5-13(4-3-12)11(14)16/h2,10,15H,1,3-9,12H2. The number of ether oxygens (including phenoxy) is 1. The lowest BCUT2D eigenvalue weighted by molar-refractivity contribution is 0.0352. The second-order valence-electron chi connectivity index (χ2n) is 3.98. The molecular formula is C11H21N3O3. The van der Waals surface area contributed by atoms with E-state index in [2.05, 4.69) is 6.58 Å². The highest BCUT2D eigenvalue weighted by Crippen LogP contribution is 2.08. The van der Waals surface area contributed by atoms with Crippen LogP contribution in [0.5, 0.6) is 0 Å². The lowest BCUT2D eigenvalue weighted by atomic mass is 10.3. The molecule has 6 heteroatoms. The van der Waals surface area contributed by atoms with Crippen LogP contribution in [0, 0.1) is 0 Å². The number of aliphatic hydroxyl groups excluding tert-OH is 1. The van der Waals surface area contributed by atoms with Gasteiger partial charge in [-0.25, -0.2) is 4.79 Å². The first kappa shape index (κ1) is 14.0. The van der Waals surface area contributed by atoms with E-state index in [-0.39, 0.29) is 12.6 Å². The Morgan fingerprint density at radius 3 is 2.88 bits per heavy atom. The van der Waals surface area contributed by atoms with Crippen LogP contribution in [0.1, 0.15) is 0 Å². The molecular weight excluding hydrogens is 222 g/mol. The zero-order valence-corrected chi connectivity index (χ0v) is 10.0. The number of amides is 2. The van der Waals surface area contributed by atoms with E-state index in [0.29, 0.717) is 39.3 Å². The van der Waals surface area contributed by atoms with Crippen molar-refractivity contribution in [2.45, 2.75) is 6.10 Å². The van der Waals surface area contributed by atoms with Gasteiger partial charge < -0.3 is 25.4 Å². The first-order valence-electron chi connectivity index (χ1n) is 5.79. The van der Waals surface area contributed by atoms with E-state index in [1.807, 2.05) is 0 Å². The molecule has 1 saturated heterocycles. The molecule has 0 radical (unpaired) electrons. The Balaban J connectivity index is 2.27. The topological polar surface area (TPSA) is 79.0 Å². The molecule has 0 aromatic carbocycles. The van der Waals surface area contributed by atoms with Crippen LogP contribution in [0.25, 0.3) is 0 Å². The number of aliphatic hydroxyl groups is 1. The summed E-state index contributed by atoms with van der Waals surface area (Å²) in [6.07, 6.45) is 0.966. The van der Waals surface area contributed by atoms with Crippen molar-refractivity contribution in [2.24, 2.45) is 5.73 Å². The zero-order chi connectivity index (χ0) is 12.7. The molecule has 6 nitrogen and oxygen atoms in total. The van der Waals surface area contributed by atoms with Crippen molar-refractivity contribution >= 4 is 6.03 Å². The van der Waals surface area contributed by atoms with Crippen molar-refractivity contribution in [3.05, 3.63) is 12.7 Å². The number of carbonyl (C=O) groups is 1. The van der Waals surface area contributed by atoms with E-state index >= 15 is 0 Å². The van der Waals surface area contributed by atoms with Gasteiger partial charge in [-0.3, -0.25) is 0 Å². The first-order valence-corrected chi connectivity index (χ1v) is 5.79. The van der Waals surface area contributed by atoms with Crippen LogP contribution in [-0.4, -0.2) is 73.0 Å². The Morgan fingerprint density at radius 1 is 1.53 bits per heavy atom. The number of hydrogen-bond donors (Lipinski definition) is 2. The normalized spacial score (nSPS) is 17.6. The Labute approximate surface area is 102 Å². The second kappa shape index (κ2) is 7.26. The fourth-order valence-corrected chi connectivity index (χ4v) is 1.76. The Morgan fingerprint density at radius 2 is 2.24 bits per heavy atom. The summed E-state index contributed by atoms with van der Waals surface area (Å²) in [4.78, 5) is 15.1. The lowest BCUT2D eigenvalue weighted by Crippen LogP contribution is -2.39. The van der Waals surface area contributed by atoms with Crippen molar-refractivity contribution < 1.29 is 14.6 Å². The summed E-state index contributed by atoms with van der Waals surface area (Å²) in [6, 6.07) is -0.0572. The average molecular weight is 243 g/mol. The predicted molar refractivity (Wildman–Crippen MR) is 64.6 cm³/mol. The van der Waals surface area contributed by atoms with Gasteiger partial charge in [0.15, 0.2) is 0 Å². The third-order valence-corrected chi connectivity index (χ3v) is 2.56. The van der Waals surface area contributed by atoms with Crippen molar-refractivity contribution in [3.63, 3.8) is 0 Å². The summed E-state index contributed by atoms with van der Waals surface area (Å²) in [6.45, 7) is 6.78. The third-order valence-electron chi connectivity index (χ3n) is 2.56. The Bertz CT molecular complexity index is 260. The minimum Gasteiger partial charge on any atom is -0.389 e. The maximum atomic E-state index is 11.8. The molecule has 1 fully saturated rings. The summed E-state index contributed by atoms with van der Waals surface area (Å²) < 4.78 is 5.12. The fourth-order valence-electron chi connectivity index (χ4n) is 1.76. The highest BCUT2D eigenvalue weighted by Gasteiger charge is 2.28. The molecule has 0 aliphatic carbocycles. The average Bonchev–Trinajstić information content (AvgIpc) is 2.63. The molecule has 0 aromatic heterocycles. The second-order valence-corrected chi connectivity index (χ2v) is 3.98. The number of urea groups is 1. The number of nitrogens with zero attached hydrogens (tertiary/aromatic N) is 2. The van der Waals surface area contributed by atoms with E-state index < -0.39 is 6.10 Å². The van der Waals surface area contributed by atoms with Crippen molar-refractivity contribution in [1.82, 2.24) is 9.80 Å². The van der Waals surface area contributed by atoms with Crippen LogP contribution in [0.2, 0.25) is 0 Å². The molecule has 17 heavy (non-hydrogen) atoms. The smallest absolute Gasteiger partial charge is 0.320 e. The van der Waals surface area contributed by atoms with Crippen LogP contribution in [0.4, 0.5) is 4.79 Å². The quantitative estimate of drug-likeness (QED) is 0.434. The summed E-state index contributed by atoms with van der Waals surface area (Å²) in [5.74, 6) is 0. The van der Waals surface area contributed by atoms with Crippen molar-refractivity contribution in [1.29, 1.82) is 0 Å². The Kier molecular flexibility index (Phi) is 5.96. The van der Waals surface area contributed by atoms with Gasteiger partial charge in [0.05, 0.1) is 25.9 Å².